The predicted molar refractivity (Wildman–Crippen MR) is 88.1 cm³/mol. The summed E-state index contributed by atoms with van der Waals surface area (Å²) in [7, 11) is 0. The number of aromatic nitrogens is 1. The highest BCUT2D eigenvalue weighted by Crippen LogP contribution is 2.22. The zero-order chi connectivity index (χ0) is 17.0. The van der Waals surface area contributed by atoms with Crippen LogP contribution >= 0.6 is 0 Å². The largest absolute Gasteiger partial charge is 0.460 e. The molecule has 1 unspecified atom stereocenters. The van der Waals surface area contributed by atoms with Gasteiger partial charge in [-0.2, -0.15) is 0 Å². The number of nitrogens with zero attached hydrogens (tertiary/aromatic N) is 2. The number of anilines is 1. The molecule has 1 saturated heterocycles. The van der Waals surface area contributed by atoms with Gasteiger partial charge >= 0.3 is 12.0 Å². The van der Waals surface area contributed by atoms with Crippen molar-refractivity contribution in [2.45, 2.75) is 46.1 Å². The topological polar surface area (TPSA) is 71.5 Å². The van der Waals surface area contributed by atoms with E-state index in [0.717, 1.165) is 24.1 Å². The molecule has 0 radical (unpaired) electrons. The lowest BCUT2D eigenvalue weighted by Crippen LogP contribution is -2.45. The minimum absolute atomic E-state index is 0.187. The molecule has 0 bridgehead atoms. The minimum atomic E-state index is -0.504. The first-order valence-corrected chi connectivity index (χ1v) is 7.95. The molecule has 126 valence electrons. The van der Waals surface area contributed by atoms with Crippen LogP contribution in [0.4, 0.5) is 10.5 Å². The number of carbonyl (C=O) groups excluding carboxylic acids is 2. The monoisotopic (exact) mass is 319 g/mol. The second kappa shape index (κ2) is 6.98. The summed E-state index contributed by atoms with van der Waals surface area (Å²) in [5.74, 6) is -0.484. The highest BCUT2D eigenvalue weighted by Gasteiger charge is 2.31. The van der Waals surface area contributed by atoms with Crippen LogP contribution in [-0.2, 0) is 9.53 Å². The third-order valence-corrected chi connectivity index (χ3v) is 3.71. The zero-order valence-electron chi connectivity index (χ0n) is 14.3. The van der Waals surface area contributed by atoms with Crippen molar-refractivity contribution in [2.24, 2.45) is 5.92 Å². The molecule has 0 spiro atoms. The van der Waals surface area contributed by atoms with Gasteiger partial charge in [-0.15, -0.1) is 0 Å². The van der Waals surface area contributed by atoms with Crippen molar-refractivity contribution in [1.82, 2.24) is 9.88 Å². The number of pyridine rings is 1. The molecule has 1 atom stereocenters. The summed E-state index contributed by atoms with van der Waals surface area (Å²) in [5.41, 5.74) is 1.14. The SMILES string of the molecule is Cc1cnccc1NC(=O)N1CCCC(C(=O)OC(C)(C)C)C1. The lowest BCUT2D eigenvalue weighted by molar-refractivity contribution is -0.161. The Morgan fingerprint density at radius 3 is 2.78 bits per heavy atom. The van der Waals surface area contributed by atoms with Crippen LogP contribution in [0.3, 0.4) is 0 Å². The standard InChI is InChI=1S/C17H25N3O3/c1-12-10-18-8-7-14(12)19-16(22)20-9-5-6-13(11-20)15(21)23-17(2,3)4/h7-8,10,13H,5-6,9,11H2,1-4H3,(H,18,19,22). The van der Waals surface area contributed by atoms with E-state index in [1.54, 1.807) is 23.4 Å². The van der Waals surface area contributed by atoms with Gasteiger partial charge in [0.2, 0.25) is 0 Å². The quantitative estimate of drug-likeness (QED) is 0.851. The average Bonchev–Trinajstić information content (AvgIpc) is 2.48. The molecule has 0 saturated carbocycles. The van der Waals surface area contributed by atoms with Crippen molar-refractivity contribution in [1.29, 1.82) is 0 Å². The summed E-state index contributed by atoms with van der Waals surface area (Å²) < 4.78 is 5.44. The van der Waals surface area contributed by atoms with Crippen LogP contribution < -0.4 is 5.32 Å². The summed E-state index contributed by atoms with van der Waals surface area (Å²) in [6.45, 7) is 8.49. The van der Waals surface area contributed by atoms with Gasteiger partial charge in [0, 0.05) is 31.2 Å². The molecule has 0 aromatic carbocycles. The molecule has 6 nitrogen and oxygen atoms in total. The van der Waals surface area contributed by atoms with E-state index in [0.29, 0.717) is 13.1 Å². The third kappa shape index (κ3) is 4.94. The number of rotatable bonds is 2. The fraction of sp³-hybridized carbons (Fsp3) is 0.588. The van der Waals surface area contributed by atoms with Crippen molar-refractivity contribution < 1.29 is 14.3 Å². The van der Waals surface area contributed by atoms with Gasteiger partial charge < -0.3 is 15.0 Å². The normalized spacial score (nSPS) is 18.4. The van der Waals surface area contributed by atoms with Crippen molar-refractivity contribution in [3.8, 4) is 0 Å². The Morgan fingerprint density at radius 1 is 1.39 bits per heavy atom. The maximum Gasteiger partial charge on any atom is 0.321 e. The maximum absolute atomic E-state index is 12.4. The number of hydrogen-bond acceptors (Lipinski definition) is 4. The maximum atomic E-state index is 12.4. The van der Waals surface area contributed by atoms with Crippen molar-refractivity contribution in [3.05, 3.63) is 24.0 Å². The van der Waals surface area contributed by atoms with Crippen LogP contribution in [-0.4, -0.2) is 40.6 Å². The van der Waals surface area contributed by atoms with Gasteiger partial charge in [-0.3, -0.25) is 9.78 Å². The minimum Gasteiger partial charge on any atom is -0.460 e. The lowest BCUT2D eigenvalue weighted by atomic mass is 9.98. The Kier molecular flexibility index (Phi) is 5.23. The van der Waals surface area contributed by atoms with E-state index >= 15 is 0 Å². The molecule has 0 aliphatic carbocycles. The molecule has 1 N–H and O–H groups in total. The Hall–Kier alpha value is -2.11. The van der Waals surface area contributed by atoms with Gasteiger partial charge in [0.05, 0.1) is 5.92 Å². The Balaban J connectivity index is 1.96. The second-order valence-electron chi connectivity index (χ2n) is 6.94. The smallest absolute Gasteiger partial charge is 0.321 e. The molecular formula is C17H25N3O3. The van der Waals surface area contributed by atoms with Crippen LogP contribution in [0.15, 0.2) is 18.5 Å². The second-order valence-corrected chi connectivity index (χ2v) is 6.94. The molecule has 1 fully saturated rings. The first-order valence-electron chi connectivity index (χ1n) is 7.95. The molecule has 1 aliphatic heterocycles. The fourth-order valence-corrected chi connectivity index (χ4v) is 2.55. The Bertz CT molecular complexity index is 581. The Morgan fingerprint density at radius 2 is 2.13 bits per heavy atom. The first kappa shape index (κ1) is 17.2. The number of aryl methyl sites for hydroxylation is 1. The number of urea groups is 1. The highest BCUT2D eigenvalue weighted by atomic mass is 16.6. The molecule has 23 heavy (non-hydrogen) atoms. The zero-order valence-corrected chi connectivity index (χ0v) is 14.3. The molecule has 1 aromatic rings. The van der Waals surface area contributed by atoms with E-state index < -0.39 is 5.60 Å². The van der Waals surface area contributed by atoms with Crippen LogP contribution in [0, 0.1) is 12.8 Å². The molecule has 2 rings (SSSR count). The summed E-state index contributed by atoms with van der Waals surface area (Å²) in [5, 5.41) is 2.88. The van der Waals surface area contributed by atoms with Gasteiger partial charge in [0.25, 0.3) is 0 Å². The molecule has 2 amide bonds. The van der Waals surface area contributed by atoms with Gasteiger partial charge in [-0.25, -0.2) is 4.79 Å². The number of piperidine rings is 1. The van der Waals surface area contributed by atoms with Crippen molar-refractivity contribution >= 4 is 17.7 Å². The summed E-state index contributed by atoms with van der Waals surface area (Å²) in [4.78, 5) is 30.3. The molecular weight excluding hydrogens is 294 g/mol. The van der Waals surface area contributed by atoms with Crippen LogP contribution in [0.5, 0.6) is 0 Å². The van der Waals surface area contributed by atoms with Gasteiger partial charge in [0.15, 0.2) is 0 Å². The van der Waals surface area contributed by atoms with E-state index in [2.05, 4.69) is 10.3 Å². The molecule has 1 aromatic heterocycles. The van der Waals surface area contributed by atoms with Crippen molar-refractivity contribution in [3.63, 3.8) is 0 Å². The van der Waals surface area contributed by atoms with E-state index in [1.807, 2.05) is 27.7 Å². The number of esters is 1. The molecule has 2 heterocycles. The third-order valence-electron chi connectivity index (χ3n) is 3.71. The number of nitrogens with one attached hydrogen (secondary N) is 1. The predicted octanol–water partition coefficient (Wildman–Crippen LogP) is 2.98. The summed E-state index contributed by atoms with van der Waals surface area (Å²) >= 11 is 0. The van der Waals surface area contributed by atoms with Crippen molar-refractivity contribution in [2.75, 3.05) is 18.4 Å². The Labute approximate surface area is 137 Å². The highest BCUT2D eigenvalue weighted by molar-refractivity contribution is 5.90. The van der Waals surface area contributed by atoms with E-state index in [9.17, 15) is 9.59 Å². The molecule has 1 aliphatic rings. The van der Waals surface area contributed by atoms with E-state index in [-0.39, 0.29) is 17.9 Å². The van der Waals surface area contributed by atoms with E-state index in [1.165, 1.54) is 0 Å². The summed E-state index contributed by atoms with van der Waals surface area (Å²) in [6.07, 6.45) is 4.90. The number of hydrogen-bond donors (Lipinski definition) is 1. The number of ether oxygens (including phenoxy) is 1. The lowest BCUT2D eigenvalue weighted by Gasteiger charge is -2.33. The number of likely N-dealkylation sites (tertiary alicyclic amines) is 1. The van der Waals surface area contributed by atoms with Gasteiger partial charge in [-0.1, -0.05) is 0 Å². The van der Waals surface area contributed by atoms with E-state index in [4.69, 9.17) is 4.74 Å². The van der Waals surface area contributed by atoms with Crippen LogP contribution in [0.25, 0.3) is 0 Å². The summed E-state index contributed by atoms with van der Waals surface area (Å²) in [6, 6.07) is 1.58. The van der Waals surface area contributed by atoms with Gasteiger partial charge in [-0.05, 0) is 52.2 Å². The molecule has 6 heteroatoms. The van der Waals surface area contributed by atoms with Crippen LogP contribution in [0.1, 0.15) is 39.2 Å². The fourth-order valence-electron chi connectivity index (χ4n) is 2.55. The number of amides is 2. The number of carbonyl (C=O) groups is 2. The average molecular weight is 319 g/mol. The van der Waals surface area contributed by atoms with Gasteiger partial charge in [0.1, 0.15) is 5.60 Å². The van der Waals surface area contributed by atoms with Crippen LogP contribution in [0.2, 0.25) is 0 Å². The first-order chi connectivity index (χ1) is 10.8.